The third-order valence-electron chi connectivity index (χ3n) is 3.08. The second kappa shape index (κ2) is 11.5. The third kappa shape index (κ3) is 6.39. The largest absolute Gasteiger partial charge is 0.481 e. The number of aryl methyl sites for hydroxylation is 2. The summed E-state index contributed by atoms with van der Waals surface area (Å²) < 4.78 is 12.4. The third-order valence-corrected chi connectivity index (χ3v) is 3.08. The van der Waals surface area contributed by atoms with Gasteiger partial charge in [0.2, 0.25) is 5.88 Å². The number of ether oxygens (including phenoxy) is 2. The first-order valence-corrected chi connectivity index (χ1v) is 7.34. The number of guanidine groups is 1. The van der Waals surface area contributed by atoms with E-state index in [1.165, 1.54) is 0 Å². The Morgan fingerprint density at radius 2 is 2.14 bits per heavy atom. The summed E-state index contributed by atoms with van der Waals surface area (Å²) in [5.74, 6) is 1.17. The van der Waals surface area contributed by atoms with Gasteiger partial charge >= 0.3 is 0 Å². The molecule has 0 aliphatic carbocycles. The fraction of sp³-hybridized carbons (Fsp3) is 0.714. The van der Waals surface area contributed by atoms with Gasteiger partial charge in [-0.15, -0.1) is 24.0 Å². The quantitative estimate of drug-likeness (QED) is 0.271. The topological polar surface area (TPSA) is 86.7 Å². The molecule has 0 saturated carbocycles. The number of nitrogens with zero attached hydrogens (tertiary/aromatic N) is 3. The van der Waals surface area contributed by atoms with Crippen molar-refractivity contribution < 1.29 is 9.47 Å². The van der Waals surface area contributed by atoms with Gasteiger partial charge in [-0.05, 0) is 19.8 Å². The van der Waals surface area contributed by atoms with Crippen molar-refractivity contribution in [1.29, 1.82) is 0 Å². The van der Waals surface area contributed by atoms with Gasteiger partial charge in [0.15, 0.2) is 5.96 Å². The molecule has 0 aliphatic rings. The molecule has 0 bridgehead atoms. The number of hydrogen-bond acceptors (Lipinski definition) is 4. The summed E-state index contributed by atoms with van der Waals surface area (Å²) in [6.45, 7) is 6.72. The van der Waals surface area contributed by atoms with Crippen molar-refractivity contribution >= 4 is 29.9 Å². The first kappa shape index (κ1) is 21.0. The summed E-state index contributed by atoms with van der Waals surface area (Å²) in [5, 5.41) is 7.49. The molecule has 0 amide bonds. The molecule has 22 heavy (non-hydrogen) atoms. The van der Waals surface area contributed by atoms with Crippen molar-refractivity contribution in [1.82, 2.24) is 15.1 Å². The Labute approximate surface area is 149 Å². The van der Waals surface area contributed by atoms with E-state index in [1.54, 1.807) is 11.8 Å². The lowest BCUT2D eigenvalue weighted by atomic mass is 10.2. The monoisotopic (exact) mass is 425 g/mol. The zero-order chi connectivity index (χ0) is 15.7. The Bertz CT molecular complexity index is 462. The van der Waals surface area contributed by atoms with Crippen molar-refractivity contribution in [2.45, 2.75) is 33.2 Å². The number of aromatic nitrogens is 2. The van der Waals surface area contributed by atoms with E-state index in [0.717, 1.165) is 49.7 Å². The van der Waals surface area contributed by atoms with Gasteiger partial charge in [-0.3, -0.25) is 0 Å². The lowest BCUT2D eigenvalue weighted by molar-refractivity contribution is 0.145. The van der Waals surface area contributed by atoms with E-state index in [4.69, 9.17) is 15.2 Å². The van der Waals surface area contributed by atoms with Crippen LogP contribution in [0, 0.1) is 0 Å². The molecular formula is C14H28IN5O2. The van der Waals surface area contributed by atoms with E-state index in [9.17, 15) is 0 Å². The van der Waals surface area contributed by atoms with Crippen molar-refractivity contribution in [2.75, 3.05) is 26.9 Å². The molecule has 128 valence electrons. The van der Waals surface area contributed by atoms with Crippen LogP contribution in [-0.2, 0) is 24.8 Å². The molecule has 0 aromatic carbocycles. The molecule has 1 heterocycles. The van der Waals surface area contributed by atoms with E-state index >= 15 is 0 Å². The summed E-state index contributed by atoms with van der Waals surface area (Å²) in [6.07, 6.45) is 1.74. The fourth-order valence-electron chi connectivity index (χ4n) is 2.06. The Kier molecular flexibility index (Phi) is 11.0. The van der Waals surface area contributed by atoms with Crippen LogP contribution in [0.4, 0.5) is 0 Å². The van der Waals surface area contributed by atoms with Gasteiger partial charge in [-0.1, -0.05) is 6.92 Å². The van der Waals surface area contributed by atoms with Crippen LogP contribution >= 0.6 is 24.0 Å². The number of methoxy groups -OCH3 is 1. The van der Waals surface area contributed by atoms with Crippen molar-refractivity contribution in [3.8, 4) is 5.88 Å². The zero-order valence-electron chi connectivity index (χ0n) is 13.9. The average Bonchev–Trinajstić information content (AvgIpc) is 2.79. The van der Waals surface area contributed by atoms with Gasteiger partial charge in [0.25, 0.3) is 0 Å². The minimum atomic E-state index is 0. The highest BCUT2D eigenvalue weighted by molar-refractivity contribution is 14.0. The van der Waals surface area contributed by atoms with Crippen molar-refractivity contribution in [3.05, 3.63) is 11.3 Å². The standard InChI is InChI=1S/C14H27N5O2.HI/c1-5-12-11(13(20-4)19(3)18-12)10-17-14(15)16-8-7-9-21-6-2;/h5-10H2,1-4H3,(H3,15,16,17);1H. The van der Waals surface area contributed by atoms with Gasteiger partial charge in [-0.2, -0.15) is 5.10 Å². The highest BCUT2D eigenvalue weighted by Crippen LogP contribution is 2.22. The smallest absolute Gasteiger partial charge is 0.216 e. The number of nitrogens with two attached hydrogens (primary N) is 1. The van der Waals surface area contributed by atoms with Crippen LogP contribution in [0.15, 0.2) is 4.99 Å². The molecule has 0 unspecified atom stereocenters. The molecule has 0 atom stereocenters. The van der Waals surface area contributed by atoms with E-state index < -0.39 is 0 Å². The maximum Gasteiger partial charge on any atom is 0.216 e. The predicted molar refractivity (Wildman–Crippen MR) is 99.0 cm³/mol. The minimum Gasteiger partial charge on any atom is -0.481 e. The molecule has 0 saturated heterocycles. The molecule has 7 nitrogen and oxygen atoms in total. The Morgan fingerprint density at radius 1 is 1.41 bits per heavy atom. The molecule has 0 radical (unpaired) electrons. The second-order valence-corrected chi connectivity index (χ2v) is 4.59. The number of rotatable bonds is 9. The van der Waals surface area contributed by atoms with Gasteiger partial charge in [0, 0.05) is 26.8 Å². The molecular weight excluding hydrogens is 397 g/mol. The van der Waals surface area contributed by atoms with Crippen LogP contribution in [0.1, 0.15) is 31.5 Å². The van der Waals surface area contributed by atoms with Crippen LogP contribution in [0.3, 0.4) is 0 Å². The minimum absolute atomic E-state index is 0. The molecule has 1 aromatic rings. The maximum atomic E-state index is 5.86. The molecule has 0 fully saturated rings. The van der Waals surface area contributed by atoms with E-state index in [-0.39, 0.29) is 24.0 Å². The summed E-state index contributed by atoms with van der Waals surface area (Å²) in [4.78, 5) is 4.35. The van der Waals surface area contributed by atoms with E-state index in [2.05, 4.69) is 22.3 Å². The van der Waals surface area contributed by atoms with Crippen LogP contribution in [0.25, 0.3) is 0 Å². The Hall–Kier alpha value is -1.03. The number of nitrogens with one attached hydrogen (secondary N) is 1. The van der Waals surface area contributed by atoms with Gasteiger partial charge in [0.1, 0.15) is 0 Å². The average molecular weight is 425 g/mol. The summed E-state index contributed by atoms with van der Waals surface area (Å²) in [6, 6.07) is 0. The van der Waals surface area contributed by atoms with Crippen LogP contribution in [-0.4, -0.2) is 42.6 Å². The van der Waals surface area contributed by atoms with Crippen LogP contribution < -0.4 is 15.8 Å². The Balaban J connectivity index is 0.00000441. The number of halogens is 1. The van der Waals surface area contributed by atoms with Gasteiger partial charge in [-0.25, -0.2) is 9.67 Å². The van der Waals surface area contributed by atoms with Crippen LogP contribution in [0.5, 0.6) is 5.88 Å². The Morgan fingerprint density at radius 3 is 2.73 bits per heavy atom. The lowest BCUT2D eigenvalue weighted by Gasteiger charge is -2.06. The lowest BCUT2D eigenvalue weighted by Crippen LogP contribution is -2.32. The fourth-order valence-corrected chi connectivity index (χ4v) is 2.06. The van der Waals surface area contributed by atoms with Crippen molar-refractivity contribution in [3.63, 3.8) is 0 Å². The zero-order valence-corrected chi connectivity index (χ0v) is 16.2. The van der Waals surface area contributed by atoms with Gasteiger partial charge in [0.05, 0.1) is 24.9 Å². The molecule has 0 spiro atoms. The summed E-state index contributed by atoms with van der Waals surface area (Å²) in [7, 11) is 3.50. The summed E-state index contributed by atoms with van der Waals surface area (Å²) in [5.41, 5.74) is 7.83. The molecule has 3 N–H and O–H groups in total. The number of aliphatic imine (C=N–C) groups is 1. The second-order valence-electron chi connectivity index (χ2n) is 4.59. The van der Waals surface area contributed by atoms with E-state index in [1.807, 2.05) is 14.0 Å². The molecule has 1 aromatic heterocycles. The molecule has 1 rings (SSSR count). The molecule has 8 heteroatoms. The highest BCUT2D eigenvalue weighted by atomic mass is 127. The highest BCUT2D eigenvalue weighted by Gasteiger charge is 2.14. The molecule has 0 aliphatic heterocycles. The normalized spacial score (nSPS) is 11.2. The first-order chi connectivity index (χ1) is 10.1. The first-order valence-electron chi connectivity index (χ1n) is 7.34. The SMILES string of the molecule is CCOCCCNC(N)=NCc1c(CC)nn(C)c1OC.I. The van der Waals surface area contributed by atoms with E-state index in [0.29, 0.717) is 12.5 Å². The number of hydrogen-bond donors (Lipinski definition) is 2. The van der Waals surface area contributed by atoms with Crippen LogP contribution in [0.2, 0.25) is 0 Å². The predicted octanol–water partition coefficient (Wildman–Crippen LogP) is 1.44. The maximum absolute atomic E-state index is 5.86. The summed E-state index contributed by atoms with van der Waals surface area (Å²) >= 11 is 0. The van der Waals surface area contributed by atoms with Crippen molar-refractivity contribution in [2.24, 2.45) is 17.8 Å². The van der Waals surface area contributed by atoms with Gasteiger partial charge < -0.3 is 20.5 Å².